The summed E-state index contributed by atoms with van der Waals surface area (Å²) < 4.78 is 0. The van der Waals surface area contributed by atoms with Crippen molar-refractivity contribution in [3.05, 3.63) is 33.9 Å². The van der Waals surface area contributed by atoms with E-state index in [-0.39, 0.29) is 10.6 Å². The van der Waals surface area contributed by atoms with E-state index in [9.17, 15) is 10.1 Å². The number of nitro groups is 1. The monoisotopic (exact) mass is 266 g/mol. The molecule has 1 atom stereocenters. The molecule has 0 aliphatic carbocycles. The third-order valence-electron chi connectivity index (χ3n) is 3.21. The predicted molar refractivity (Wildman–Crippen MR) is 76.4 cm³/mol. The van der Waals surface area contributed by atoms with E-state index in [0.29, 0.717) is 5.25 Å². The maximum absolute atomic E-state index is 10.7. The molecule has 18 heavy (non-hydrogen) atoms. The maximum Gasteiger partial charge on any atom is 0.269 e. The molecule has 98 valence electrons. The van der Waals surface area contributed by atoms with Crippen LogP contribution in [-0.2, 0) is 0 Å². The van der Waals surface area contributed by atoms with Crippen LogP contribution >= 0.6 is 11.8 Å². The molecule has 1 heterocycles. The summed E-state index contributed by atoms with van der Waals surface area (Å²) in [7, 11) is 0. The summed E-state index contributed by atoms with van der Waals surface area (Å²) in [6, 6.07) is 4.99. The Labute approximate surface area is 111 Å². The topological polar surface area (TPSA) is 55.2 Å². The molecule has 5 heteroatoms. The van der Waals surface area contributed by atoms with Gasteiger partial charge in [0.2, 0.25) is 0 Å². The van der Waals surface area contributed by atoms with Crippen molar-refractivity contribution < 1.29 is 4.92 Å². The number of benzene rings is 1. The van der Waals surface area contributed by atoms with Crippen LogP contribution in [0, 0.1) is 17.0 Å². The zero-order valence-corrected chi connectivity index (χ0v) is 11.3. The molecular weight excluding hydrogens is 248 g/mol. The smallest absolute Gasteiger partial charge is 0.269 e. The van der Waals surface area contributed by atoms with Gasteiger partial charge < -0.3 is 5.32 Å². The van der Waals surface area contributed by atoms with E-state index in [4.69, 9.17) is 0 Å². The number of hydrogen-bond acceptors (Lipinski definition) is 4. The molecule has 1 saturated heterocycles. The number of non-ortho nitro benzene ring substituents is 1. The summed E-state index contributed by atoms with van der Waals surface area (Å²) in [4.78, 5) is 10.3. The molecule has 0 amide bonds. The van der Waals surface area contributed by atoms with Gasteiger partial charge in [-0.25, -0.2) is 0 Å². The lowest BCUT2D eigenvalue weighted by molar-refractivity contribution is -0.384. The molecule has 0 radical (unpaired) electrons. The zero-order valence-electron chi connectivity index (χ0n) is 10.5. The first-order chi connectivity index (χ1) is 8.66. The number of nitrogens with zero attached hydrogens (tertiary/aromatic N) is 1. The molecule has 1 aromatic rings. The molecule has 1 unspecified atom stereocenters. The lowest BCUT2D eigenvalue weighted by Crippen LogP contribution is -2.20. The Hall–Kier alpha value is -1.23. The molecule has 0 spiro atoms. The van der Waals surface area contributed by atoms with Crippen LogP contribution in [0.25, 0.3) is 0 Å². The van der Waals surface area contributed by atoms with Gasteiger partial charge in [-0.1, -0.05) is 6.42 Å². The largest absolute Gasteiger partial charge is 0.384 e. The fraction of sp³-hybridized carbons (Fsp3) is 0.538. The standard InChI is InChI=1S/C13H18N2O2S/c1-10-8-11(15(16)17)5-6-13(10)14-9-12-4-2-3-7-18-12/h5-6,8,12,14H,2-4,7,9H2,1H3. The second-order valence-corrected chi connectivity index (χ2v) is 6.03. The fourth-order valence-corrected chi connectivity index (χ4v) is 3.39. The number of hydrogen-bond donors (Lipinski definition) is 1. The predicted octanol–water partition coefficient (Wildman–Crippen LogP) is 3.60. The van der Waals surface area contributed by atoms with Crippen molar-refractivity contribution in [2.24, 2.45) is 0 Å². The fourth-order valence-electron chi connectivity index (χ4n) is 2.15. The number of thioether (sulfide) groups is 1. The highest BCUT2D eigenvalue weighted by atomic mass is 32.2. The number of nitrogens with one attached hydrogen (secondary N) is 1. The second-order valence-electron chi connectivity index (χ2n) is 4.63. The van der Waals surface area contributed by atoms with Gasteiger partial charge in [-0.3, -0.25) is 10.1 Å². The van der Waals surface area contributed by atoms with Crippen LogP contribution < -0.4 is 5.32 Å². The van der Waals surface area contributed by atoms with Crippen molar-refractivity contribution in [2.45, 2.75) is 31.4 Å². The second kappa shape index (κ2) is 6.09. The minimum absolute atomic E-state index is 0.157. The highest BCUT2D eigenvalue weighted by molar-refractivity contribution is 7.99. The van der Waals surface area contributed by atoms with Crippen molar-refractivity contribution in [2.75, 3.05) is 17.6 Å². The van der Waals surface area contributed by atoms with Gasteiger partial charge in [0.25, 0.3) is 5.69 Å². The van der Waals surface area contributed by atoms with Crippen LogP contribution in [0.5, 0.6) is 0 Å². The Morgan fingerprint density at radius 1 is 1.50 bits per heavy atom. The molecule has 0 bridgehead atoms. The van der Waals surface area contributed by atoms with Crippen LogP contribution in [0.3, 0.4) is 0 Å². The van der Waals surface area contributed by atoms with Crippen molar-refractivity contribution in [1.29, 1.82) is 0 Å². The average molecular weight is 266 g/mol. The van der Waals surface area contributed by atoms with Crippen molar-refractivity contribution >= 4 is 23.1 Å². The van der Waals surface area contributed by atoms with E-state index in [1.807, 2.05) is 18.7 Å². The number of rotatable bonds is 4. The minimum atomic E-state index is -0.353. The molecule has 1 N–H and O–H groups in total. The van der Waals surface area contributed by atoms with Crippen molar-refractivity contribution in [1.82, 2.24) is 0 Å². The van der Waals surface area contributed by atoms with Gasteiger partial charge in [-0.2, -0.15) is 11.8 Å². The van der Waals surface area contributed by atoms with E-state index in [1.54, 1.807) is 18.2 Å². The third kappa shape index (κ3) is 3.38. The normalized spacial score (nSPS) is 19.5. The average Bonchev–Trinajstić information content (AvgIpc) is 2.38. The lowest BCUT2D eigenvalue weighted by Gasteiger charge is -2.22. The molecule has 1 fully saturated rings. The molecule has 0 saturated carbocycles. The van der Waals surface area contributed by atoms with Gasteiger partial charge in [0.1, 0.15) is 0 Å². The van der Waals surface area contributed by atoms with Crippen molar-refractivity contribution in [3.63, 3.8) is 0 Å². The molecule has 1 aliphatic rings. The van der Waals surface area contributed by atoms with E-state index in [2.05, 4.69) is 5.32 Å². The first kappa shape index (κ1) is 13.2. The van der Waals surface area contributed by atoms with Crippen LogP contribution in [0.2, 0.25) is 0 Å². The Morgan fingerprint density at radius 2 is 2.33 bits per heavy atom. The Balaban J connectivity index is 1.94. The Bertz CT molecular complexity index is 431. The van der Waals surface area contributed by atoms with Gasteiger partial charge in [0.15, 0.2) is 0 Å². The Kier molecular flexibility index (Phi) is 4.47. The minimum Gasteiger partial charge on any atom is -0.384 e. The zero-order chi connectivity index (χ0) is 13.0. The first-order valence-electron chi connectivity index (χ1n) is 6.27. The summed E-state index contributed by atoms with van der Waals surface area (Å²) in [6.07, 6.45) is 3.92. The molecule has 2 rings (SSSR count). The van der Waals surface area contributed by atoms with Gasteiger partial charge in [0, 0.05) is 29.6 Å². The van der Waals surface area contributed by atoms with Crippen molar-refractivity contribution in [3.8, 4) is 0 Å². The van der Waals surface area contributed by atoms with Crippen LogP contribution in [0.1, 0.15) is 24.8 Å². The highest BCUT2D eigenvalue weighted by Crippen LogP contribution is 2.26. The van der Waals surface area contributed by atoms with Gasteiger partial charge in [-0.15, -0.1) is 0 Å². The summed E-state index contributed by atoms with van der Waals surface area (Å²) in [5, 5.41) is 14.7. The Morgan fingerprint density at radius 3 is 2.94 bits per heavy atom. The van der Waals surface area contributed by atoms with Gasteiger partial charge >= 0.3 is 0 Å². The van der Waals surface area contributed by atoms with E-state index in [1.165, 1.54) is 25.0 Å². The molecule has 4 nitrogen and oxygen atoms in total. The highest BCUT2D eigenvalue weighted by Gasteiger charge is 2.14. The first-order valence-corrected chi connectivity index (χ1v) is 7.32. The lowest BCUT2D eigenvalue weighted by atomic mass is 10.1. The molecular formula is C13H18N2O2S. The summed E-state index contributed by atoms with van der Waals surface area (Å²) in [5.41, 5.74) is 2.10. The summed E-state index contributed by atoms with van der Waals surface area (Å²) >= 11 is 2.03. The molecule has 1 aliphatic heterocycles. The van der Waals surface area contributed by atoms with Crippen LogP contribution in [0.15, 0.2) is 18.2 Å². The number of aryl methyl sites for hydroxylation is 1. The number of anilines is 1. The quantitative estimate of drug-likeness (QED) is 0.668. The summed E-state index contributed by atoms with van der Waals surface area (Å²) in [6.45, 7) is 2.85. The molecule has 0 aromatic heterocycles. The van der Waals surface area contributed by atoms with Crippen LogP contribution in [0.4, 0.5) is 11.4 Å². The van der Waals surface area contributed by atoms with Gasteiger partial charge in [-0.05, 0) is 37.1 Å². The maximum atomic E-state index is 10.7. The van der Waals surface area contributed by atoms with E-state index >= 15 is 0 Å². The SMILES string of the molecule is Cc1cc([N+](=O)[O-])ccc1NCC1CCCCS1. The summed E-state index contributed by atoms with van der Waals surface area (Å²) in [5.74, 6) is 1.26. The van der Waals surface area contributed by atoms with E-state index < -0.39 is 0 Å². The molecule has 1 aromatic carbocycles. The van der Waals surface area contributed by atoms with Crippen LogP contribution in [-0.4, -0.2) is 22.5 Å². The van der Waals surface area contributed by atoms with Gasteiger partial charge in [0.05, 0.1) is 4.92 Å². The third-order valence-corrected chi connectivity index (χ3v) is 4.61. The number of nitro benzene ring substituents is 1. The van der Waals surface area contributed by atoms with E-state index in [0.717, 1.165) is 17.8 Å².